The second-order valence-electron chi connectivity index (χ2n) is 6.55. The number of halogens is 1. The number of amides is 1. The molecule has 1 N–H and O–H groups in total. The van der Waals surface area contributed by atoms with Crippen LogP contribution in [0, 0.1) is 5.82 Å². The van der Waals surface area contributed by atoms with Crippen molar-refractivity contribution < 1.29 is 13.9 Å². The Hall–Kier alpha value is -1.76. The Bertz CT molecular complexity index is 728. The Morgan fingerprint density at radius 3 is 3.00 bits per heavy atom. The van der Waals surface area contributed by atoms with Crippen LogP contribution in [0.4, 0.5) is 10.1 Å². The van der Waals surface area contributed by atoms with Gasteiger partial charge in [0.15, 0.2) is 0 Å². The van der Waals surface area contributed by atoms with Crippen molar-refractivity contribution in [1.29, 1.82) is 0 Å². The molecule has 1 aromatic heterocycles. The third-order valence-corrected chi connectivity index (χ3v) is 5.48. The zero-order valence-electron chi connectivity index (χ0n) is 13.2. The van der Waals surface area contributed by atoms with Crippen molar-refractivity contribution in [1.82, 2.24) is 4.90 Å². The number of nitrogens with zero attached hydrogens (tertiary/aromatic N) is 1. The fourth-order valence-corrected chi connectivity index (χ4v) is 4.27. The van der Waals surface area contributed by atoms with E-state index in [0.29, 0.717) is 12.1 Å². The van der Waals surface area contributed by atoms with Crippen molar-refractivity contribution >= 4 is 22.9 Å². The van der Waals surface area contributed by atoms with Gasteiger partial charge >= 0.3 is 0 Å². The highest BCUT2D eigenvalue weighted by Crippen LogP contribution is 2.39. The Morgan fingerprint density at radius 1 is 1.38 bits per heavy atom. The molecule has 2 aliphatic rings. The maximum atomic E-state index is 13.2. The van der Waals surface area contributed by atoms with Gasteiger partial charge in [0.1, 0.15) is 11.9 Å². The van der Waals surface area contributed by atoms with Crippen LogP contribution in [0.25, 0.3) is 0 Å². The van der Waals surface area contributed by atoms with Gasteiger partial charge in [0.25, 0.3) is 5.91 Å². The fourth-order valence-electron chi connectivity index (χ4n) is 3.52. The molecule has 6 heteroatoms. The normalized spacial score (nSPS) is 22.5. The summed E-state index contributed by atoms with van der Waals surface area (Å²) in [5.74, 6) is -0.547. The lowest BCUT2D eigenvalue weighted by Crippen LogP contribution is -2.61. The minimum Gasteiger partial charge on any atom is -0.359 e. The third-order valence-electron chi connectivity index (χ3n) is 4.62. The lowest BCUT2D eigenvalue weighted by Gasteiger charge is -2.47. The monoisotopic (exact) mass is 346 g/mol. The van der Waals surface area contributed by atoms with E-state index in [1.54, 1.807) is 23.5 Å². The molecule has 1 aromatic carbocycles. The molecule has 1 atom stereocenters. The van der Waals surface area contributed by atoms with Crippen molar-refractivity contribution in [2.24, 2.45) is 0 Å². The molecule has 4 rings (SSSR count). The largest absolute Gasteiger partial charge is 0.359 e. The predicted molar refractivity (Wildman–Crippen MR) is 91.5 cm³/mol. The number of likely N-dealkylation sites (tertiary alicyclic amines) is 1. The van der Waals surface area contributed by atoms with Gasteiger partial charge < -0.3 is 10.1 Å². The lowest BCUT2D eigenvalue weighted by molar-refractivity contribution is -0.153. The van der Waals surface area contributed by atoms with E-state index in [1.165, 1.54) is 17.0 Å². The van der Waals surface area contributed by atoms with Crippen molar-refractivity contribution in [2.75, 3.05) is 18.4 Å². The van der Waals surface area contributed by atoms with Crippen molar-refractivity contribution in [3.8, 4) is 0 Å². The molecule has 2 aromatic rings. The molecule has 0 bridgehead atoms. The summed E-state index contributed by atoms with van der Waals surface area (Å²) >= 11 is 1.76. The number of nitrogens with one attached hydrogen (secondary N) is 1. The van der Waals surface area contributed by atoms with Crippen LogP contribution in [-0.4, -0.2) is 35.6 Å². The smallest absolute Gasteiger partial charge is 0.253 e. The molecular weight excluding hydrogens is 327 g/mol. The molecule has 2 saturated heterocycles. The Labute approximate surface area is 144 Å². The van der Waals surface area contributed by atoms with Gasteiger partial charge in [-0.15, -0.1) is 11.3 Å². The van der Waals surface area contributed by atoms with Gasteiger partial charge in [-0.2, -0.15) is 0 Å². The zero-order valence-corrected chi connectivity index (χ0v) is 14.0. The number of hydrogen-bond acceptors (Lipinski definition) is 4. The van der Waals surface area contributed by atoms with Crippen LogP contribution in [0.3, 0.4) is 0 Å². The van der Waals surface area contributed by atoms with Gasteiger partial charge in [0.2, 0.25) is 0 Å². The summed E-state index contributed by atoms with van der Waals surface area (Å²) in [6.45, 7) is 2.69. The molecule has 2 fully saturated rings. The number of carbonyl (C=O) groups is 1. The van der Waals surface area contributed by atoms with E-state index in [2.05, 4.69) is 27.7 Å². The van der Waals surface area contributed by atoms with Gasteiger partial charge in [-0.05, 0) is 42.5 Å². The zero-order chi connectivity index (χ0) is 16.6. The molecule has 1 spiro atoms. The van der Waals surface area contributed by atoms with Crippen LogP contribution >= 0.6 is 11.3 Å². The highest BCUT2D eigenvalue weighted by molar-refractivity contribution is 7.09. The van der Waals surface area contributed by atoms with Crippen LogP contribution in [0.15, 0.2) is 41.8 Å². The Kier molecular flexibility index (Phi) is 4.12. The number of rotatable bonds is 4. The third kappa shape index (κ3) is 3.22. The molecule has 3 heterocycles. The van der Waals surface area contributed by atoms with Crippen LogP contribution in [-0.2, 0) is 16.1 Å². The Morgan fingerprint density at radius 2 is 2.25 bits per heavy atom. The highest BCUT2D eigenvalue weighted by atomic mass is 32.1. The first-order chi connectivity index (χ1) is 11.6. The summed E-state index contributed by atoms with van der Waals surface area (Å²) in [5, 5.41) is 4.83. The molecule has 2 aliphatic heterocycles. The SMILES string of the molecule is O=C(Nc1cccc(F)c1)C1CCC2(CN(Cc3cccs3)C2)O1. The van der Waals surface area contributed by atoms with Crippen LogP contribution in [0.2, 0.25) is 0 Å². The van der Waals surface area contributed by atoms with Gasteiger partial charge in [0, 0.05) is 30.2 Å². The van der Waals surface area contributed by atoms with Gasteiger partial charge in [-0.25, -0.2) is 4.39 Å². The van der Waals surface area contributed by atoms with E-state index in [-0.39, 0.29) is 17.3 Å². The van der Waals surface area contributed by atoms with Crippen LogP contribution in [0.1, 0.15) is 17.7 Å². The molecule has 0 saturated carbocycles. The van der Waals surface area contributed by atoms with E-state index in [0.717, 1.165) is 26.1 Å². The minimum absolute atomic E-state index is 0.179. The van der Waals surface area contributed by atoms with Gasteiger partial charge in [0.05, 0.1) is 5.60 Å². The summed E-state index contributed by atoms with van der Waals surface area (Å²) in [5.41, 5.74) is 0.291. The molecule has 1 unspecified atom stereocenters. The van der Waals surface area contributed by atoms with Crippen molar-refractivity contribution in [3.63, 3.8) is 0 Å². The number of hydrogen-bond donors (Lipinski definition) is 1. The second-order valence-corrected chi connectivity index (χ2v) is 7.58. The molecule has 0 radical (unpaired) electrons. The Balaban J connectivity index is 1.30. The van der Waals surface area contributed by atoms with Crippen LogP contribution in [0.5, 0.6) is 0 Å². The predicted octanol–water partition coefficient (Wildman–Crippen LogP) is 3.26. The fraction of sp³-hybridized carbons (Fsp3) is 0.389. The highest BCUT2D eigenvalue weighted by Gasteiger charge is 2.50. The average Bonchev–Trinajstić information content (AvgIpc) is 3.16. The summed E-state index contributed by atoms with van der Waals surface area (Å²) < 4.78 is 19.2. The quantitative estimate of drug-likeness (QED) is 0.924. The van der Waals surface area contributed by atoms with Gasteiger partial charge in [-0.3, -0.25) is 9.69 Å². The van der Waals surface area contributed by atoms with E-state index in [4.69, 9.17) is 4.74 Å². The second kappa shape index (κ2) is 6.27. The van der Waals surface area contributed by atoms with Crippen molar-refractivity contribution in [3.05, 3.63) is 52.5 Å². The van der Waals surface area contributed by atoms with Gasteiger partial charge in [-0.1, -0.05) is 12.1 Å². The first kappa shape index (κ1) is 15.7. The van der Waals surface area contributed by atoms with Crippen LogP contribution < -0.4 is 5.32 Å². The van der Waals surface area contributed by atoms with E-state index in [9.17, 15) is 9.18 Å². The maximum Gasteiger partial charge on any atom is 0.253 e. The summed E-state index contributed by atoms with van der Waals surface area (Å²) in [4.78, 5) is 16.0. The molecule has 24 heavy (non-hydrogen) atoms. The first-order valence-corrected chi connectivity index (χ1v) is 8.99. The number of thiophene rings is 1. The molecule has 4 nitrogen and oxygen atoms in total. The number of benzene rings is 1. The van der Waals surface area contributed by atoms with E-state index >= 15 is 0 Å². The molecule has 1 amide bonds. The summed E-state index contributed by atoms with van der Waals surface area (Å²) in [6, 6.07) is 10.1. The topological polar surface area (TPSA) is 41.6 Å². The summed E-state index contributed by atoms with van der Waals surface area (Å²) in [7, 11) is 0. The lowest BCUT2D eigenvalue weighted by atomic mass is 9.90. The first-order valence-electron chi connectivity index (χ1n) is 8.11. The standard InChI is InChI=1S/C18H19FN2O2S/c19-13-3-1-4-14(9-13)20-17(22)16-6-7-18(23-16)11-21(12-18)10-15-5-2-8-24-15/h1-5,8-9,16H,6-7,10-12H2,(H,20,22). The average molecular weight is 346 g/mol. The number of carbonyl (C=O) groups excluding carboxylic acids is 1. The maximum absolute atomic E-state index is 13.2. The van der Waals surface area contributed by atoms with E-state index in [1.807, 2.05) is 0 Å². The minimum atomic E-state index is -0.447. The number of anilines is 1. The molecule has 0 aliphatic carbocycles. The number of ether oxygens (including phenoxy) is 1. The van der Waals surface area contributed by atoms with Crippen molar-refractivity contribution in [2.45, 2.75) is 31.1 Å². The van der Waals surface area contributed by atoms with E-state index < -0.39 is 6.10 Å². The molecule has 126 valence electrons. The summed E-state index contributed by atoms with van der Waals surface area (Å²) in [6.07, 6.45) is 1.17. The molecular formula is C18H19FN2O2S.